The Balaban J connectivity index is 3.95. The highest BCUT2D eigenvalue weighted by atomic mass is 16.4. The van der Waals surface area contributed by atoms with Gasteiger partial charge in [0, 0.05) is 0 Å². The van der Waals surface area contributed by atoms with Crippen LogP contribution in [0.5, 0.6) is 0 Å². The van der Waals surface area contributed by atoms with Crippen molar-refractivity contribution < 1.29 is 63.3 Å². The van der Waals surface area contributed by atoms with Crippen molar-refractivity contribution in [2.24, 2.45) is 23.3 Å². The van der Waals surface area contributed by atoms with Gasteiger partial charge >= 0.3 is 17.9 Å². The second-order valence-electron chi connectivity index (χ2n) is 14.3. The van der Waals surface area contributed by atoms with Crippen LogP contribution < -0.4 is 48.7 Å². The molecule has 22 nitrogen and oxygen atoms in total. The molecule has 0 aromatic heterocycles. The predicted octanol–water partition coefficient (Wildman–Crippen LogP) is -3.22. The van der Waals surface area contributed by atoms with E-state index in [-0.39, 0.29) is 45.2 Å². The van der Waals surface area contributed by atoms with E-state index in [2.05, 4.69) is 37.2 Å². The lowest BCUT2D eigenvalue weighted by molar-refractivity contribution is -0.144. The number of carboxylic acids is 3. The normalized spacial score (nSPS) is 25.3. The van der Waals surface area contributed by atoms with Gasteiger partial charge in [0.1, 0.15) is 42.3 Å². The van der Waals surface area contributed by atoms with E-state index in [4.69, 9.17) is 11.5 Å². The zero-order valence-corrected chi connectivity index (χ0v) is 32.8. The largest absolute Gasteiger partial charge is 0.481 e. The van der Waals surface area contributed by atoms with Crippen LogP contribution in [0.25, 0.3) is 0 Å². The zero-order valence-electron chi connectivity index (χ0n) is 32.8. The molecule has 8 atom stereocenters. The predicted molar refractivity (Wildman–Crippen MR) is 200 cm³/mol. The van der Waals surface area contributed by atoms with Crippen LogP contribution in [0.2, 0.25) is 0 Å². The summed E-state index contributed by atoms with van der Waals surface area (Å²) in [5, 5.41) is 45.4. The van der Waals surface area contributed by atoms with Crippen LogP contribution in [0.4, 0.5) is 0 Å². The van der Waals surface area contributed by atoms with Crippen molar-refractivity contribution in [2.75, 3.05) is 13.1 Å². The maximum Gasteiger partial charge on any atom is 0.305 e. The number of hydrogen-bond donors (Lipinski definition) is 12. The molecule has 1 fully saturated rings. The van der Waals surface area contributed by atoms with Crippen molar-refractivity contribution in [2.45, 2.75) is 134 Å². The lowest BCUT2D eigenvalue weighted by atomic mass is 9.95. The van der Waals surface area contributed by atoms with Gasteiger partial charge in [-0.05, 0) is 63.5 Å². The molecule has 1 heterocycles. The van der Waals surface area contributed by atoms with Gasteiger partial charge in [0.15, 0.2) is 0 Å². The van der Waals surface area contributed by atoms with Crippen molar-refractivity contribution in [3.8, 4) is 0 Å². The molecule has 0 saturated carbocycles. The number of nitrogens with two attached hydrogens (primary N) is 2. The number of carbonyl (C=O) groups excluding carboxylic acids is 7. The van der Waals surface area contributed by atoms with Crippen LogP contribution in [0.15, 0.2) is 0 Å². The van der Waals surface area contributed by atoms with Gasteiger partial charge in [0.2, 0.25) is 41.4 Å². The number of aliphatic carboxylic acids is 3. The SMILES string of the molecule is CC[C@H](C)[C@@H]1NC(=O)[C@H](C(C)C)NC(=O)[C@H](CC(=O)O)NC(=O)[C@H](CCCCN)NC(=O)[C@H](CCCCN)NC(=O)[C@H](CC(=O)O)NC(=O)[C@H](CC(=O)O)NC1=O. The first kappa shape index (κ1) is 49.6. The monoisotopic (exact) mass is 813 g/mol. The van der Waals surface area contributed by atoms with Gasteiger partial charge < -0.3 is 64.0 Å². The summed E-state index contributed by atoms with van der Waals surface area (Å²) in [6, 6.07) is -11.3. The van der Waals surface area contributed by atoms with Crippen LogP contribution >= 0.6 is 0 Å². The topological polar surface area (TPSA) is 368 Å². The quantitative estimate of drug-likeness (QED) is 0.0643. The molecule has 57 heavy (non-hydrogen) atoms. The van der Waals surface area contributed by atoms with Gasteiger partial charge in [-0.3, -0.25) is 47.9 Å². The first-order chi connectivity index (χ1) is 26.7. The van der Waals surface area contributed by atoms with Crippen LogP contribution in [0.1, 0.15) is 91.9 Å². The van der Waals surface area contributed by atoms with Gasteiger partial charge in [-0.25, -0.2) is 0 Å². The van der Waals surface area contributed by atoms with Gasteiger partial charge in [0.05, 0.1) is 19.3 Å². The summed E-state index contributed by atoms with van der Waals surface area (Å²) >= 11 is 0. The Bertz CT molecular complexity index is 1460. The second-order valence-corrected chi connectivity index (χ2v) is 14.3. The van der Waals surface area contributed by atoms with E-state index >= 15 is 0 Å². The Hall–Kier alpha value is -5.38. The summed E-state index contributed by atoms with van der Waals surface area (Å²) in [4.78, 5) is 131. The maximum atomic E-state index is 13.8. The highest BCUT2D eigenvalue weighted by molar-refractivity contribution is 6.00. The molecular weight excluding hydrogens is 754 g/mol. The average molecular weight is 814 g/mol. The number of amides is 7. The molecule has 0 unspecified atom stereocenters. The van der Waals surface area contributed by atoms with Crippen molar-refractivity contribution >= 4 is 59.3 Å². The molecule has 0 aromatic carbocycles. The van der Waals surface area contributed by atoms with E-state index in [9.17, 15) is 63.3 Å². The minimum absolute atomic E-state index is 0.0582. The first-order valence-electron chi connectivity index (χ1n) is 18.9. The molecule has 322 valence electrons. The number of unbranched alkanes of at least 4 members (excludes halogenated alkanes) is 2. The molecular formula is C35H59N9O13. The number of hydrogen-bond acceptors (Lipinski definition) is 12. The van der Waals surface area contributed by atoms with E-state index in [1.54, 1.807) is 13.8 Å². The minimum atomic E-state index is -1.91. The van der Waals surface area contributed by atoms with Crippen molar-refractivity contribution in [3.05, 3.63) is 0 Å². The third-order valence-corrected chi connectivity index (χ3v) is 9.24. The lowest BCUT2D eigenvalue weighted by Gasteiger charge is -2.30. The first-order valence-corrected chi connectivity index (χ1v) is 18.9. The molecule has 1 aliphatic rings. The average Bonchev–Trinajstić information content (AvgIpc) is 3.12. The van der Waals surface area contributed by atoms with E-state index in [1.165, 1.54) is 13.8 Å². The van der Waals surface area contributed by atoms with Crippen molar-refractivity contribution in [3.63, 3.8) is 0 Å². The molecule has 7 amide bonds. The molecule has 0 spiro atoms. The van der Waals surface area contributed by atoms with E-state index in [1.807, 2.05) is 0 Å². The number of carbonyl (C=O) groups is 10. The molecule has 1 saturated heterocycles. The van der Waals surface area contributed by atoms with Crippen LogP contribution in [0, 0.1) is 11.8 Å². The summed E-state index contributed by atoms with van der Waals surface area (Å²) < 4.78 is 0. The van der Waals surface area contributed by atoms with E-state index in [0.717, 1.165) is 0 Å². The molecule has 1 aliphatic heterocycles. The smallest absolute Gasteiger partial charge is 0.305 e. The Labute approximate surface area is 330 Å². The molecule has 0 radical (unpaired) electrons. The highest BCUT2D eigenvalue weighted by Gasteiger charge is 2.38. The Morgan fingerprint density at radius 3 is 1.12 bits per heavy atom. The van der Waals surface area contributed by atoms with Gasteiger partial charge in [-0.15, -0.1) is 0 Å². The fourth-order valence-electron chi connectivity index (χ4n) is 5.76. The number of rotatable bonds is 17. The van der Waals surface area contributed by atoms with Gasteiger partial charge in [0.25, 0.3) is 0 Å². The maximum absolute atomic E-state index is 13.8. The van der Waals surface area contributed by atoms with Gasteiger partial charge in [-0.2, -0.15) is 0 Å². The summed E-state index contributed by atoms with van der Waals surface area (Å²) in [6.07, 6.45) is -1.59. The molecule has 0 aromatic rings. The summed E-state index contributed by atoms with van der Waals surface area (Å²) in [5.74, 6) is -13.4. The van der Waals surface area contributed by atoms with E-state index in [0.29, 0.717) is 12.8 Å². The van der Waals surface area contributed by atoms with Crippen LogP contribution in [-0.4, -0.2) is 130 Å². The lowest BCUT2D eigenvalue weighted by Crippen LogP contribution is -2.61. The zero-order chi connectivity index (χ0) is 43.4. The Kier molecular flexibility index (Phi) is 21.8. The summed E-state index contributed by atoms with van der Waals surface area (Å²) in [6.45, 7) is 6.73. The Morgan fingerprint density at radius 1 is 0.491 bits per heavy atom. The van der Waals surface area contributed by atoms with Crippen molar-refractivity contribution in [1.29, 1.82) is 0 Å². The van der Waals surface area contributed by atoms with E-state index < -0.39 is 133 Å². The Morgan fingerprint density at radius 2 is 0.789 bits per heavy atom. The van der Waals surface area contributed by atoms with Crippen molar-refractivity contribution in [1.82, 2.24) is 37.2 Å². The molecule has 22 heteroatoms. The minimum Gasteiger partial charge on any atom is -0.481 e. The molecule has 14 N–H and O–H groups in total. The molecule has 1 rings (SSSR count). The molecule has 0 bridgehead atoms. The standard InChI is InChI=1S/C35H59N9O13/c1-5-18(4)28-35(57)42-22(15-25(47)48)32(54)41-21(14-24(45)46)31(53)39-19(10-6-8-12-36)29(51)38-20(11-7-9-13-37)30(52)40-23(16-26(49)50)33(55)43-27(17(2)3)34(56)44-28/h17-23,27-28H,5-16,36-37H2,1-4H3,(H,38,51)(H,39,53)(H,40,52)(H,41,54)(H,42,57)(H,43,55)(H,44,56)(H,45,46)(H,47,48)(H,49,50)/t18-,19-,20-,21-,22-,23-,27-,28-/m0/s1. The fourth-order valence-corrected chi connectivity index (χ4v) is 5.76. The third-order valence-electron chi connectivity index (χ3n) is 9.24. The summed E-state index contributed by atoms with van der Waals surface area (Å²) in [7, 11) is 0. The van der Waals surface area contributed by atoms with Crippen LogP contribution in [-0.2, 0) is 47.9 Å². The second kappa shape index (κ2) is 25.0. The highest BCUT2D eigenvalue weighted by Crippen LogP contribution is 2.13. The van der Waals surface area contributed by atoms with Crippen LogP contribution in [0.3, 0.4) is 0 Å². The molecule has 0 aliphatic carbocycles. The number of carboxylic acid groups (broad SMARTS) is 3. The number of nitrogens with one attached hydrogen (secondary N) is 7. The summed E-state index contributed by atoms with van der Waals surface area (Å²) in [5.41, 5.74) is 11.2. The third kappa shape index (κ3) is 17.5. The van der Waals surface area contributed by atoms with Gasteiger partial charge in [-0.1, -0.05) is 34.1 Å². The fraction of sp³-hybridized carbons (Fsp3) is 0.714.